The van der Waals surface area contributed by atoms with Crippen LogP contribution in [0.3, 0.4) is 0 Å². The molecule has 0 radical (unpaired) electrons. The summed E-state index contributed by atoms with van der Waals surface area (Å²) in [5, 5.41) is 8.45. The lowest BCUT2D eigenvalue weighted by atomic mass is 10.3. The molecule has 0 aromatic carbocycles. The first kappa shape index (κ1) is 11.5. The van der Waals surface area contributed by atoms with Crippen molar-refractivity contribution >= 4 is 11.9 Å². The van der Waals surface area contributed by atoms with Gasteiger partial charge in [-0.1, -0.05) is 5.92 Å². The Morgan fingerprint density at radius 2 is 2.15 bits per heavy atom. The minimum absolute atomic E-state index is 0.120. The van der Waals surface area contributed by atoms with Crippen LogP contribution in [0.4, 0.5) is 0 Å². The first-order chi connectivity index (χ1) is 6.06. The lowest BCUT2D eigenvalue weighted by molar-refractivity contribution is -0.138. The number of carboxylic acid groups (broad SMARTS) is 1. The van der Waals surface area contributed by atoms with Gasteiger partial charge in [-0.25, -0.2) is 0 Å². The molecule has 13 heavy (non-hydrogen) atoms. The van der Waals surface area contributed by atoms with Gasteiger partial charge in [-0.15, -0.1) is 6.42 Å². The van der Waals surface area contributed by atoms with Crippen LogP contribution in [-0.2, 0) is 9.59 Å². The largest absolute Gasteiger partial charge is 0.480 e. The van der Waals surface area contributed by atoms with E-state index in [-0.39, 0.29) is 26.1 Å². The van der Waals surface area contributed by atoms with Crippen LogP contribution in [-0.4, -0.2) is 41.5 Å². The Kier molecular flexibility index (Phi) is 5.32. The molecule has 0 aliphatic carbocycles. The van der Waals surface area contributed by atoms with Crippen molar-refractivity contribution in [3.8, 4) is 12.3 Å². The van der Waals surface area contributed by atoms with Gasteiger partial charge in [0.25, 0.3) is 0 Å². The van der Waals surface area contributed by atoms with Crippen molar-refractivity contribution in [2.45, 2.75) is 6.42 Å². The first-order valence-corrected chi connectivity index (χ1v) is 3.72. The van der Waals surface area contributed by atoms with Gasteiger partial charge in [-0.05, 0) is 0 Å². The predicted octanol–water partition coefficient (Wildman–Crippen LogP) is -1.12. The lowest BCUT2D eigenvalue weighted by Gasteiger charge is -2.15. The first-order valence-electron chi connectivity index (χ1n) is 3.72. The summed E-state index contributed by atoms with van der Waals surface area (Å²) in [5.41, 5.74) is 4.90. The maximum absolute atomic E-state index is 10.4. The van der Waals surface area contributed by atoms with Crippen LogP contribution in [0.1, 0.15) is 6.42 Å². The van der Waals surface area contributed by atoms with Crippen molar-refractivity contribution in [3.63, 3.8) is 0 Å². The molecule has 5 heteroatoms. The van der Waals surface area contributed by atoms with Gasteiger partial charge in [-0.2, -0.15) is 0 Å². The highest BCUT2D eigenvalue weighted by Crippen LogP contribution is 1.90. The summed E-state index contributed by atoms with van der Waals surface area (Å²) < 4.78 is 0. The highest BCUT2D eigenvalue weighted by Gasteiger charge is 2.08. The van der Waals surface area contributed by atoms with Gasteiger partial charge in [0.15, 0.2) is 0 Å². The van der Waals surface area contributed by atoms with Crippen LogP contribution < -0.4 is 5.73 Å². The Morgan fingerprint density at radius 3 is 2.54 bits per heavy atom. The molecule has 0 fully saturated rings. The minimum atomic E-state index is -0.972. The smallest absolute Gasteiger partial charge is 0.317 e. The average Bonchev–Trinajstić information content (AvgIpc) is 1.99. The van der Waals surface area contributed by atoms with E-state index in [1.54, 1.807) is 0 Å². The standard InChI is InChI=1S/C8H12N2O3/c1-2-4-10(6-8(12)13)5-3-7(9)11/h1H,3-6H2,(H2,9,11)(H,12,13). The minimum Gasteiger partial charge on any atom is -0.480 e. The van der Waals surface area contributed by atoms with E-state index in [4.69, 9.17) is 17.3 Å². The fraction of sp³-hybridized carbons (Fsp3) is 0.500. The molecule has 0 unspecified atom stereocenters. The van der Waals surface area contributed by atoms with E-state index in [1.165, 1.54) is 4.90 Å². The third-order valence-corrected chi connectivity index (χ3v) is 1.35. The molecule has 3 N–H and O–H groups in total. The van der Waals surface area contributed by atoms with E-state index in [0.717, 1.165) is 0 Å². The summed E-state index contributed by atoms with van der Waals surface area (Å²) in [7, 11) is 0. The Bertz CT molecular complexity index is 232. The van der Waals surface area contributed by atoms with Crippen molar-refractivity contribution in [1.82, 2.24) is 4.90 Å². The number of carbonyl (C=O) groups is 2. The van der Waals surface area contributed by atoms with Gasteiger partial charge in [-0.3, -0.25) is 14.5 Å². The molecule has 5 nitrogen and oxygen atoms in total. The average molecular weight is 184 g/mol. The van der Waals surface area contributed by atoms with Crippen LogP contribution >= 0.6 is 0 Å². The Hall–Kier alpha value is -1.54. The topological polar surface area (TPSA) is 83.6 Å². The lowest BCUT2D eigenvalue weighted by Crippen LogP contribution is -2.33. The zero-order valence-corrected chi connectivity index (χ0v) is 7.19. The molecule has 0 aliphatic rings. The molecule has 0 aliphatic heterocycles. The quantitative estimate of drug-likeness (QED) is 0.512. The van der Waals surface area contributed by atoms with Gasteiger partial charge in [0.1, 0.15) is 0 Å². The van der Waals surface area contributed by atoms with Crippen molar-refractivity contribution in [2.24, 2.45) is 5.73 Å². The maximum atomic E-state index is 10.4. The van der Waals surface area contributed by atoms with Crippen LogP contribution in [0.15, 0.2) is 0 Å². The van der Waals surface area contributed by atoms with Gasteiger partial charge >= 0.3 is 5.97 Å². The molecule has 0 saturated heterocycles. The van der Waals surface area contributed by atoms with Crippen molar-refractivity contribution < 1.29 is 14.7 Å². The fourth-order valence-corrected chi connectivity index (χ4v) is 0.803. The molecule has 0 heterocycles. The van der Waals surface area contributed by atoms with Gasteiger partial charge in [0, 0.05) is 13.0 Å². The number of nitrogens with two attached hydrogens (primary N) is 1. The number of carboxylic acids is 1. The third-order valence-electron chi connectivity index (χ3n) is 1.35. The summed E-state index contributed by atoms with van der Waals surface area (Å²) in [6.45, 7) is 0.322. The van der Waals surface area contributed by atoms with E-state index in [1.807, 2.05) is 0 Å². The Balaban J connectivity index is 3.88. The van der Waals surface area contributed by atoms with Crippen molar-refractivity contribution in [2.75, 3.05) is 19.6 Å². The summed E-state index contributed by atoms with van der Waals surface area (Å²) in [6.07, 6.45) is 5.13. The normalized spacial score (nSPS) is 9.54. The number of hydrogen-bond acceptors (Lipinski definition) is 3. The van der Waals surface area contributed by atoms with E-state index < -0.39 is 11.9 Å². The number of amides is 1. The third kappa shape index (κ3) is 6.84. The number of carbonyl (C=O) groups excluding carboxylic acids is 1. The SMILES string of the molecule is C#CCN(CCC(N)=O)CC(=O)O. The highest BCUT2D eigenvalue weighted by molar-refractivity contribution is 5.74. The molecular formula is C8H12N2O3. The number of terminal acetylenes is 1. The molecular weight excluding hydrogens is 172 g/mol. The molecule has 0 aromatic rings. The van der Waals surface area contributed by atoms with Crippen LogP contribution in [0.25, 0.3) is 0 Å². The second kappa shape index (κ2) is 6.03. The van der Waals surface area contributed by atoms with Crippen LogP contribution in [0.2, 0.25) is 0 Å². The summed E-state index contributed by atoms with van der Waals surface area (Å²) >= 11 is 0. The van der Waals surface area contributed by atoms with Gasteiger partial charge < -0.3 is 10.8 Å². The van der Waals surface area contributed by atoms with Crippen LogP contribution in [0.5, 0.6) is 0 Å². The molecule has 0 rings (SSSR count). The summed E-state index contributed by atoms with van der Waals surface area (Å²) in [6, 6.07) is 0. The van der Waals surface area contributed by atoms with Crippen LogP contribution in [0, 0.1) is 12.3 Å². The molecule has 0 atom stereocenters. The molecule has 0 saturated carbocycles. The van der Waals surface area contributed by atoms with Crippen molar-refractivity contribution in [1.29, 1.82) is 0 Å². The highest BCUT2D eigenvalue weighted by atomic mass is 16.4. The van der Waals surface area contributed by atoms with Gasteiger partial charge in [0.2, 0.25) is 5.91 Å². The zero-order chi connectivity index (χ0) is 10.3. The molecule has 72 valence electrons. The molecule has 0 bridgehead atoms. The summed E-state index contributed by atoms with van der Waals surface area (Å²) in [5.74, 6) is 0.870. The molecule has 0 aromatic heterocycles. The van der Waals surface area contributed by atoms with E-state index in [9.17, 15) is 9.59 Å². The number of rotatable bonds is 6. The zero-order valence-electron chi connectivity index (χ0n) is 7.19. The number of hydrogen-bond donors (Lipinski definition) is 2. The maximum Gasteiger partial charge on any atom is 0.317 e. The number of aliphatic carboxylic acids is 1. The molecule has 1 amide bonds. The molecule has 0 spiro atoms. The van der Waals surface area contributed by atoms with E-state index in [2.05, 4.69) is 5.92 Å². The Morgan fingerprint density at radius 1 is 1.54 bits per heavy atom. The van der Waals surface area contributed by atoms with Crippen molar-refractivity contribution in [3.05, 3.63) is 0 Å². The van der Waals surface area contributed by atoms with E-state index in [0.29, 0.717) is 0 Å². The predicted molar refractivity (Wildman–Crippen MR) is 46.7 cm³/mol. The van der Waals surface area contributed by atoms with E-state index >= 15 is 0 Å². The van der Waals surface area contributed by atoms with Gasteiger partial charge in [0.05, 0.1) is 13.1 Å². The number of nitrogens with zero attached hydrogens (tertiary/aromatic N) is 1. The second-order valence-corrected chi connectivity index (χ2v) is 2.52. The fourth-order valence-electron chi connectivity index (χ4n) is 0.803. The summed E-state index contributed by atoms with van der Waals surface area (Å²) in [4.78, 5) is 22.2. The number of primary amides is 1. The second-order valence-electron chi connectivity index (χ2n) is 2.52. The Labute approximate surface area is 76.5 Å². The monoisotopic (exact) mass is 184 g/mol.